The van der Waals surface area contributed by atoms with Crippen LogP contribution >= 0.6 is 0 Å². The lowest BCUT2D eigenvalue weighted by molar-refractivity contribution is -0.145. The summed E-state index contributed by atoms with van der Waals surface area (Å²) in [6.07, 6.45) is 2.36. The topological polar surface area (TPSA) is 65.1 Å². The van der Waals surface area contributed by atoms with Crippen molar-refractivity contribution in [2.75, 3.05) is 20.1 Å². The number of carbonyl (C=O) groups excluding carboxylic acids is 2. The van der Waals surface area contributed by atoms with Gasteiger partial charge in [0.15, 0.2) is 0 Å². The smallest absolute Gasteiger partial charge is 0.494 e. The van der Waals surface area contributed by atoms with Crippen molar-refractivity contribution < 1.29 is 23.6 Å². The molecule has 0 bridgehead atoms. The van der Waals surface area contributed by atoms with E-state index in [1.54, 1.807) is 36.2 Å². The predicted molar refractivity (Wildman–Crippen MR) is 128 cm³/mol. The second-order valence-corrected chi connectivity index (χ2v) is 10.5. The molecule has 1 heterocycles. The van der Waals surface area contributed by atoms with Crippen LogP contribution < -0.4 is 10.2 Å². The van der Waals surface area contributed by atoms with Gasteiger partial charge in [-0.15, -0.1) is 0 Å². The maximum atomic E-state index is 12.0. The molecule has 0 amide bonds. The lowest BCUT2D eigenvalue weighted by atomic mass is 9.63. The Morgan fingerprint density at radius 1 is 0.879 bits per heavy atom. The number of ether oxygens (including phenoxy) is 1. The Morgan fingerprint density at radius 3 is 2.06 bits per heavy atom. The standard InChI is InChI=1S/C26H32BNO5/c1-25(2)12-13-26(3,4)22-14-18(6-11-21(22)25)17-31-20-9-7-19(8-10-20)27-32-23(29)15-28(5)16-24(30)33-27/h6-11,14H,12-13,15-17H2,1-5H3. The van der Waals surface area contributed by atoms with Crippen molar-refractivity contribution in [3.8, 4) is 5.75 Å². The van der Waals surface area contributed by atoms with Crippen LogP contribution in [0, 0.1) is 0 Å². The summed E-state index contributed by atoms with van der Waals surface area (Å²) < 4.78 is 16.6. The van der Waals surface area contributed by atoms with Crippen LogP contribution in [0.15, 0.2) is 42.5 Å². The third kappa shape index (κ3) is 5.24. The molecule has 174 valence electrons. The van der Waals surface area contributed by atoms with Gasteiger partial charge in [-0.2, -0.15) is 0 Å². The van der Waals surface area contributed by atoms with Gasteiger partial charge in [0.2, 0.25) is 0 Å². The van der Waals surface area contributed by atoms with E-state index in [1.807, 2.05) is 0 Å². The molecule has 33 heavy (non-hydrogen) atoms. The molecule has 7 heteroatoms. The van der Waals surface area contributed by atoms with Crippen LogP contribution in [-0.4, -0.2) is 44.1 Å². The molecule has 0 unspecified atom stereocenters. The van der Waals surface area contributed by atoms with Gasteiger partial charge in [0.05, 0.1) is 13.1 Å². The first-order valence-electron chi connectivity index (χ1n) is 11.5. The minimum Gasteiger partial charge on any atom is -0.494 e. The van der Waals surface area contributed by atoms with Gasteiger partial charge < -0.3 is 14.0 Å². The molecule has 0 radical (unpaired) electrons. The van der Waals surface area contributed by atoms with Gasteiger partial charge in [-0.05, 0) is 59.5 Å². The van der Waals surface area contributed by atoms with Gasteiger partial charge in [0.25, 0.3) is 0 Å². The number of hydrogen-bond donors (Lipinski definition) is 0. The zero-order valence-electron chi connectivity index (χ0n) is 20.1. The summed E-state index contributed by atoms with van der Waals surface area (Å²) in [5.74, 6) is -0.179. The first-order valence-corrected chi connectivity index (χ1v) is 11.5. The monoisotopic (exact) mass is 449 g/mol. The SMILES string of the molecule is CN1CC(=O)OB(c2ccc(OCc3ccc4c(c3)C(C)(C)CCC4(C)C)cc2)OC(=O)C1. The molecule has 0 atom stereocenters. The van der Waals surface area contributed by atoms with E-state index in [9.17, 15) is 9.59 Å². The fourth-order valence-corrected chi connectivity index (χ4v) is 4.58. The number of benzene rings is 2. The van der Waals surface area contributed by atoms with Crippen LogP contribution in [0.1, 0.15) is 57.2 Å². The zero-order valence-corrected chi connectivity index (χ0v) is 20.1. The van der Waals surface area contributed by atoms with Crippen molar-refractivity contribution in [1.82, 2.24) is 4.90 Å². The molecule has 1 aliphatic heterocycles. The fraction of sp³-hybridized carbons (Fsp3) is 0.462. The van der Waals surface area contributed by atoms with E-state index in [1.165, 1.54) is 24.0 Å². The van der Waals surface area contributed by atoms with E-state index in [2.05, 4.69) is 45.9 Å². The number of nitrogens with zero attached hydrogens (tertiary/aromatic N) is 1. The van der Waals surface area contributed by atoms with Crippen molar-refractivity contribution in [3.05, 3.63) is 59.2 Å². The van der Waals surface area contributed by atoms with E-state index in [4.69, 9.17) is 14.0 Å². The van der Waals surface area contributed by atoms with Gasteiger partial charge in [0.1, 0.15) is 12.4 Å². The number of likely N-dealkylation sites (N-methyl/N-ethyl adjacent to an activating group) is 1. The van der Waals surface area contributed by atoms with Crippen LogP contribution in [0.25, 0.3) is 0 Å². The summed E-state index contributed by atoms with van der Waals surface area (Å²) >= 11 is 0. The molecule has 1 saturated heterocycles. The number of fused-ring (bicyclic) bond motifs is 1. The van der Waals surface area contributed by atoms with Crippen molar-refractivity contribution in [1.29, 1.82) is 0 Å². The largest absolute Gasteiger partial charge is 0.636 e. The highest BCUT2D eigenvalue weighted by molar-refractivity contribution is 6.64. The van der Waals surface area contributed by atoms with Gasteiger partial charge in [0, 0.05) is 5.46 Å². The predicted octanol–water partition coefficient (Wildman–Crippen LogP) is 3.34. The first-order chi connectivity index (χ1) is 15.5. The third-order valence-corrected chi connectivity index (χ3v) is 6.75. The Balaban J connectivity index is 1.44. The molecule has 2 aromatic carbocycles. The molecule has 1 aliphatic carbocycles. The number of hydrogen-bond acceptors (Lipinski definition) is 6. The highest BCUT2D eigenvalue weighted by Gasteiger charge is 2.37. The first kappa shape index (κ1) is 23.4. The van der Waals surface area contributed by atoms with Crippen molar-refractivity contribution in [2.45, 2.75) is 58.0 Å². The zero-order chi connectivity index (χ0) is 23.8. The van der Waals surface area contributed by atoms with Crippen LogP contribution in [0.3, 0.4) is 0 Å². The van der Waals surface area contributed by atoms with Crippen molar-refractivity contribution in [3.63, 3.8) is 0 Å². The molecule has 6 nitrogen and oxygen atoms in total. The molecule has 4 rings (SSSR count). The fourth-order valence-electron chi connectivity index (χ4n) is 4.58. The molecule has 0 N–H and O–H groups in total. The summed E-state index contributed by atoms with van der Waals surface area (Å²) in [6.45, 7) is 9.82. The summed E-state index contributed by atoms with van der Waals surface area (Å²) in [4.78, 5) is 25.5. The Bertz CT molecular complexity index is 1030. The molecule has 2 aromatic rings. The molecular weight excluding hydrogens is 417 g/mol. The lowest BCUT2D eigenvalue weighted by Gasteiger charge is -2.42. The lowest BCUT2D eigenvalue weighted by Crippen LogP contribution is -2.47. The molecule has 2 aliphatic rings. The molecule has 0 spiro atoms. The Morgan fingerprint density at radius 2 is 1.45 bits per heavy atom. The van der Waals surface area contributed by atoms with E-state index >= 15 is 0 Å². The van der Waals surface area contributed by atoms with E-state index in [-0.39, 0.29) is 23.9 Å². The van der Waals surface area contributed by atoms with Gasteiger partial charge in [-0.3, -0.25) is 14.5 Å². The van der Waals surface area contributed by atoms with Crippen molar-refractivity contribution >= 4 is 24.5 Å². The summed E-state index contributed by atoms with van der Waals surface area (Å²) in [5.41, 5.74) is 4.92. The maximum absolute atomic E-state index is 12.0. The second kappa shape index (κ2) is 8.86. The average molecular weight is 449 g/mol. The van der Waals surface area contributed by atoms with E-state index in [0.29, 0.717) is 17.8 Å². The van der Waals surface area contributed by atoms with Gasteiger partial charge >= 0.3 is 19.1 Å². The number of carbonyl (C=O) groups is 2. The normalized spacial score (nSPS) is 20.2. The van der Waals surface area contributed by atoms with Crippen LogP contribution in [0.4, 0.5) is 0 Å². The number of rotatable bonds is 4. The Hall–Kier alpha value is -2.80. The summed E-state index contributed by atoms with van der Waals surface area (Å²) in [6, 6.07) is 13.8. The average Bonchev–Trinajstić information content (AvgIpc) is 2.74. The molecule has 0 aromatic heterocycles. The summed E-state index contributed by atoms with van der Waals surface area (Å²) in [5, 5.41) is 0. The summed E-state index contributed by atoms with van der Waals surface area (Å²) in [7, 11) is 0.623. The maximum Gasteiger partial charge on any atom is 0.636 e. The van der Waals surface area contributed by atoms with E-state index in [0.717, 1.165) is 5.56 Å². The van der Waals surface area contributed by atoms with Gasteiger partial charge in [-0.1, -0.05) is 58.0 Å². The highest BCUT2D eigenvalue weighted by atomic mass is 16.6. The molecule has 0 saturated carbocycles. The second-order valence-electron chi connectivity index (χ2n) is 10.5. The molecule has 1 fully saturated rings. The quantitative estimate of drug-likeness (QED) is 0.668. The van der Waals surface area contributed by atoms with Gasteiger partial charge in [-0.25, -0.2) is 0 Å². The minimum absolute atomic E-state index is 0.0432. The van der Waals surface area contributed by atoms with Crippen LogP contribution in [0.2, 0.25) is 0 Å². The third-order valence-electron chi connectivity index (χ3n) is 6.75. The van der Waals surface area contributed by atoms with Crippen LogP contribution in [0.5, 0.6) is 5.75 Å². The van der Waals surface area contributed by atoms with Crippen LogP contribution in [-0.2, 0) is 36.3 Å². The Kier molecular flexibility index (Phi) is 6.27. The molecular formula is C26H32BNO5. The van der Waals surface area contributed by atoms with E-state index < -0.39 is 19.1 Å². The highest BCUT2D eigenvalue weighted by Crippen LogP contribution is 2.45. The van der Waals surface area contributed by atoms with Crippen molar-refractivity contribution in [2.24, 2.45) is 0 Å². The Labute approximate surface area is 196 Å². The minimum atomic E-state index is -1.04.